The van der Waals surface area contributed by atoms with Crippen molar-refractivity contribution in [2.75, 3.05) is 33.4 Å². The van der Waals surface area contributed by atoms with Crippen molar-refractivity contribution in [1.29, 1.82) is 5.26 Å². The van der Waals surface area contributed by atoms with E-state index in [0.717, 1.165) is 13.0 Å². The molecule has 3 rings (SSSR count). The van der Waals surface area contributed by atoms with E-state index in [2.05, 4.69) is 6.07 Å². The number of carbonyl (C=O) groups excluding carboxylic acids is 1. The smallest absolute Gasteiger partial charge is 0.254 e. The van der Waals surface area contributed by atoms with Crippen LogP contribution in [0.4, 0.5) is 0 Å². The number of carbonyl (C=O) groups is 1. The van der Waals surface area contributed by atoms with Gasteiger partial charge in [0.1, 0.15) is 5.60 Å². The third-order valence-corrected chi connectivity index (χ3v) is 4.41. The van der Waals surface area contributed by atoms with Crippen LogP contribution in [0.1, 0.15) is 22.3 Å². The van der Waals surface area contributed by atoms with E-state index in [1.165, 1.54) is 0 Å². The van der Waals surface area contributed by atoms with E-state index < -0.39 is 0 Å². The summed E-state index contributed by atoms with van der Waals surface area (Å²) in [5.74, 6) is 0.321. The molecule has 0 N–H and O–H groups in total. The highest BCUT2D eigenvalue weighted by molar-refractivity contribution is 5.95. The normalized spacial score (nSPS) is 22.9. The van der Waals surface area contributed by atoms with Crippen molar-refractivity contribution in [3.8, 4) is 6.07 Å². The third-order valence-electron chi connectivity index (χ3n) is 4.41. The molecular weight excluding hydrogens is 268 g/mol. The molecule has 1 aromatic carbocycles. The summed E-state index contributed by atoms with van der Waals surface area (Å²) in [6, 6.07) is 8.87. The molecule has 0 bridgehead atoms. The van der Waals surface area contributed by atoms with Gasteiger partial charge in [0, 0.05) is 25.2 Å². The molecule has 21 heavy (non-hydrogen) atoms. The average Bonchev–Trinajstić information content (AvgIpc) is 2.89. The summed E-state index contributed by atoms with van der Waals surface area (Å²) in [6.45, 7) is 2.62. The third kappa shape index (κ3) is 2.41. The lowest BCUT2D eigenvalue weighted by atomic mass is 9.81. The van der Waals surface area contributed by atoms with E-state index in [9.17, 15) is 4.79 Å². The monoisotopic (exact) mass is 286 g/mol. The first-order chi connectivity index (χ1) is 10.2. The number of rotatable bonds is 3. The molecule has 5 nitrogen and oxygen atoms in total. The van der Waals surface area contributed by atoms with E-state index in [0.29, 0.717) is 36.7 Å². The van der Waals surface area contributed by atoms with Gasteiger partial charge < -0.3 is 14.4 Å². The number of benzene rings is 1. The standard InChI is InChI=1S/C16H18N2O3/c1-20-9-14-5-6-21-16(14)10-18(11-16)15(19)13-4-2-3-12(7-13)8-17/h2-4,7,14H,5-6,9-11H2,1H3/t14-/m1/s1. The van der Waals surface area contributed by atoms with E-state index in [-0.39, 0.29) is 11.5 Å². The maximum absolute atomic E-state index is 12.4. The number of nitriles is 1. The minimum atomic E-state index is -0.224. The number of ether oxygens (including phenoxy) is 2. The van der Waals surface area contributed by atoms with Crippen LogP contribution in [0.25, 0.3) is 0 Å². The number of likely N-dealkylation sites (tertiary alicyclic amines) is 1. The Morgan fingerprint density at radius 1 is 1.57 bits per heavy atom. The number of methoxy groups -OCH3 is 1. The average molecular weight is 286 g/mol. The van der Waals surface area contributed by atoms with Gasteiger partial charge in [0.05, 0.1) is 31.3 Å². The Kier molecular flexibility index (Phi) is 3.66. The summed E-state index contributed by atoms with van der Waals surface area (Å²) < 4.78 is 11.1. The maximum atomic E-state index is 12.4. The van der Waals surface area contributed by atoms with E-state index in [4.69, 9.17) is 14.7 Å². The van der Waals surface area contributed by atoms with Gasteiger partial charge in [-0.1, -0.05) is 6.07 Å². The Bertz CT molecular complexity index is 587. The Morgan fingerprint density at radius 2 is 2.38 bits per heavy atom. The van der Waals surface area contributed by atoms with Crippen molar-refractivity contribution < 1.29 is 14.3 Å². The van der Waals surface area contributed by atoms with Crippen molar-refractivity contribution in [1.82, 2.24) is 4.90 Å². The number of amides is 1. The fourth-order valence-corrected chi connectivity index (χ4v) is 3.22. The predicted octanol–water partition coefficient (Wildman–Crippen LogP) is 1.44. The molecule has 0 radical (unpaired) electrons. The van der Waals surface area contributed by atoms with Crippen LogP contribution < -0.4 is 0 Å². The first-order valence-electron chi connectivity index (χ1n) is 7.11. The molecular formula is C16H18N2O3. The van der Waals surface area contributed by atoms with Gasteiger partial charge in [0.2, 0.25) is 0 Å². The Balaban J connectivity index is 1.68. The molecule has 2 heterocycles. The fourth-order valence-electron chi connectivity index (χ4n) is 3.22. The fraction of sp³-hybridized carbons (Fsp3) is 0.500. The van der Waals surface area contributed by atoms with Crippen molar-refractivity contribution in [2.24, 2.45) is 5.92 Å². The molecule has 0 unspecified atom stereocenters. The summed E-state index contributed by atoms with van der Waals surface area (Å²) in [7, 11) is 1.70. The van der Waals surface area contributed by atoms with Gasteiger partial charge >= 0.3 is 0 Å². The molecule has 0 saturated carbocycles. The number of hydrogen-bond acceptors (Lipinski definition) is 4. The van der Waals surface area contributed by atoms with Crippen LogP contribution in [0.2, 0.25) is 0 Å². The van der Waals surface area contributed by atoms with Gasteiger partial charge in [-0.3, -0.25) is 4.79 Å². The van der Waals surface area contributed by atoms with Crippen LogP contribution in [-0.2, 0) is 9.47 Å². The molecule has 1 spiro atoms. The lowest BCUT2D eigenvalue weighted by Crippen LogP contribution is -2.66. The van der Waals surface area contributed by atoms with E-state index in [1.54, 1.807) is 36.3 Å². The summed E-state index contributed by atoms with van der Waals surface area (Å²) in [5.41, 5.74) is 0.842. The van der Waals surface area contributed by atoms with Gasteiger partial charge in [-0.25, -0.2) is 0 Å². The van der Waals surface area contributed by atoms with Crippen molar-refractivity contribution in [3.05, 3.63) is 35.4 Å². The van der Waals surface area contributed by atoms with Crippen LogP contribution >= 0.6 is 0 Å². The SMILES string of the molecule is COC[C@H]1CCOC12CN(C(=O)c1cccc(C#N)c1)C2. The summed E-state index contributed by atoms with van der Waals surface area (Å²) in [4.78, 5) is 14.2. The van der Waals surface area contributed by atoms with Crippen LogP contribution in [0.5, 0.6) is 0 Å². The number of nitrogens with zero attached hydrogens (tertiary/aromatic N) is 2. The molecule has 1 atom stereocenters. The second-order valence-corrected chi connectivity index (χ2v) is 5.71. The topological polar surface area (TPSA) is 62.6 Å². The van der Waals surface area contributed by atoms with Crippen LogP contribution in [-0.4, -0.2) is 49.8 Å². The molecule has 2 fully saturated rings. The first-order valence-corrected chi connectivity index (χ1v) is 7.11. The largest absolute Gasteiger partial charge is 0.384 e. The van der Waals surface area contributed by atoms with Crippen LogP contribution in [0, 0.1) is 17.2 Å². The molecule has 110 valence electrons. The summed E-state index contributed by atoms with van der Waals surface area (Å²) >= 11 is 0. The highest BCUT2D eigenvalue weighted by atomic mass is 16.5. The van der Waals surface area contributed by atoms with Crippen LogP contribution in [0.15, 0.2) is 24.3 Å². The van der Waals surface area contributed by atoms with Crippen LogP contribution in [0.3, 0.4) is 0 Å². The summed E-state index contributed by atoms with van der Waals surface area (Å²) in [5, 5.41) is 8.91. The minimum absolute atomic E-state index is 0.0376. The van der Waals surface area contributed by atoms with E-state index in [1.807, 2.05) is 0 Å². The second-order valence-electron chi connectivity index (χ2n) is 5.71. The Morgan fingerprint density at radius 3 is 3.10 bits per heavy atom. The Labute approximate surface area is 124 Å². The summed E-state index contributed by atoms with van der Waals surface area (Å²) in [6.07, 6.45) is 0.986. The van der Waals surface area contributed by atoms with Gasteiger partial charge in [-0.2, -0.15) is 5.26 Å². The molecule has 5 heteroatoms. The maximum Gasteiger partial charge on any atom is 0.254 e. The molecule has 0 aliphatic carbocycles. The quantitative estimate of drug-likeness (QED) is 0.843. The molecule has 2 saturated heterocycles. The zero-order valence-corrected chi connectivity index (χ0v) is 12.0. The van der Waals surface area contributed by atoms with Gasteiger partial charge in [-0.15, -0.1) is 0 Å². The zero-order chi connectivity index (χ0) is 14.9. The molecule has 1 amide bonds. The second kappa shape index (κ2) is 5.47. The predicted molar refractivity (Wildman–Crippen MR) is 75.7 cm³/mol. The Hall–Kier alpha value is -1.90. The first kappa shape index (κ1) is 14.1. The van der Waals surface area contributed by atoms with Crippen molar-refractivity contribution >= 4 is 5.91 Å². The van der Waals surface area contributed by atoms with Gasteiger partial charge in [0.25, 0.3) is 5.91 Å². The van der Waals surface area contributed by atoms with Crippen molar-refractivity contribution in [3.63, 3.8) is 0 Å². The van der Waals surface area contributed by atoms with Crippen molar-refractivity contribution in [2.45, 2.75) is 12.0 Å². The lowest BCUT2D eigenvalue weighted by Gasteiger charge is -2.50. The van der Waals surface area contributed by atoms with Gasteiger partial charge in [-0.05, 0) is 24.6 Å². The highest BCUT2D eigenvalue weighted by Gasteiger charge is 2.54. The molecule has 2 aliphatic heterocycles. The zero-order valence-electron chi connectivity index (χ0n) is 12.0. The lowest BCUT2D eigenvalue weighted by molar-refractivity contribution is -0.125. The molecule has 2 aliphatic rings. The number of hydrogen-bond donors (Lipinski definition) is 0. The minimum Gasteiger partial charge on any atom is -0.384 e. The molecule has 0 aromatic heterocycles. The molecule has 1 aromatic rings. The highest BCUT2D eigenvalue weighted by Crippen LogP contribution is 2.40. The van der Waals surface area contributed by atoms with Gasteiger partial charge in [0.15, 0.2) is 0 Å². The van der Waals surface area contributed by atoms with E-state index >= 15 is 0 Å².